The Bertz CT molecular complexity index is 880. The van der Waals surface area contributed by atoms with Gasteiger partial charge in [0.2, 0.25) is 0 Å². The second-order valence-electron chi connectivity index (χ2n) is 6.28. The van der Waals surface area contributed by atoms with Crippen molar-refractivity contribution in [2.75, 3.05) is 0 Å². The number of esters is 1. The summed E-state index contributed by atoms with van der Waals surface area (Å²) in [5.74, 6) is 0.391. The molecule has 0 atom stereocenters. The van der Waals surface area contributed by atoms with Gasteiger partial charge in [-0.2, -0.15) is 0 Å². The van der Waals surface area contributed by atoms with Crippen LogP contribution in [0.1, 0.15) is 29.0 Å². The standard InChI is InChI=1S/C21H20FNO3/c1-14-9-15(2)11-16(10-14)13-25-21(24)8-7-20-23-12-19(26-20)17-3-5-18(22)6-4-17/h3-6,9-12H,7-8,13H2,1-2H3. The van der Waals surface area contributed by atoms with Crippen molar-refractivity contribution in [1.29, 1.82) is 0 Å². The van der Waals surface area contributed by atoms with E-state index in [-0.39, 0.29) is 24.8 Å². The summed E-state index contributed by atoms with van der Waals surface area (Å²) >= 11 is 0. The number of aromatic nitrogens is 1. The largest absolute Gasteiger partial charge is 0.461 e. The molecular formula is C21H20FNO3. The lowest BCUT2D eigenvalue weighted by Gasteiger charge is -2.06. The van der Waals surface area contributed by atoms with E-state index in [1.54, 1.807) is 18.3 Å². The second-order valence-corrected chi connectivity index (χ2v) is 6.28. The molecule has 0 spiro atoms. The number of carbonyl (C=O) groups is 1. The van der Waals surface area contributed by atoms with Crippen LogP contribution in [-0.2, 0) is 22.6 Å². The maximum atomic E-state index is 13.0. The van der Waals surface area contributed by atoms with Gasteiger partial charge in [-0.1, -0.05) is 29.3 Å². The first-order valence-corrected chi connectivity index (χ1v) is 8.43. The van der Waals surface area contributed by atoms with Crippen LogP contribution in [0.15, 0.2) is 53.1 Å². The molecule has 0 aliphatic rings. The lowest BCUT2D eigenvalue weighted by atomic mass is 10.1. The van der Waals surface area contributed by atoms with E-state index in [1.807, 2.05) is 26.0 Å². The number of carbonyl (C=O) groups excluding carboxylic acids is 1. The molecule has 4 nitrogen and oxygen atoms in total. The average Bonchev–Trinajstić information content (AvgIpc) is 3.07. The van der Waals surface area contributed by atoms with Crippen LogP contribution in [0, 0.1) is 19.7 Å². The second kappa shape index (κ2) is 7.95. The number of aryl methyl sites for hydroxylation is 3. The van der Waals surface area contributed by atoms with Crippen LogP contribution >= 0.6 is 0 Å². The number of benzene rings is 2. The van der Waals surface area contributed by atoms with E-state index in [0.717, 1.165) is 22.3 Å². The van der Waals surface area contributed by atoms with Gasteiger partial charge in [-0.05, 0) is 43.7 Å². The fourth-order valence-electron chi connectivity index (χ4n) is 2.77. The normalized spacial score (nSPS) is 10.7. The molecule has 3 rings (SSSR count). The number of oxazole rings is 1. The molecule has 0 N–H and O–H groups in total. The highest BCUT2D eigenvalue weighted by molar-refractivity contribution is 5.69. The highest BCUT2D eigenvalue weighted by Gasteiger charge is 2.10. The zero-order valence-electron chi connectivity index (χ0n) is 14.8. The zero-order chi connectivity index (χ0) is 18.5. The van der Waals surface area contributed by atoms with Gasteiger partial charge in [0, 0.05) is 12.0 Å². The van der Waals surface area contributed by atoms with Crippen LogP contribution in [0.5, 0.6) is 0 Å². The molecule has 5 heteroatoms. The Morgan fingerprint density at radius 1 is 1.12 bits per heavy atom. The summed E-state index contributed by atoms with van der Waals surface area (Å²) < 4.78 is 23.9. The zero-order valence-corrected chi connectivity index (χ0v) is 14.8. The van der Waals surface area contributed by atoms with Gasteiger partial charge >= 0.3 is 5.97 Å². The number of hydrogen-bond acceptors (Lipinski definition) is 4. The highest BCUT2D eigenvalue weighted by Crippen LogP contribution is 2.21. The average molecular weight is 353 g/mol. The summed E-state index contributed by atoms with van der Waals surface area (Å²) in [4.78, 5) is 16.1. The quantitative estimate of drug-likeness (QED) is 0.599. The summed E-state index contributed by atoms with van der Waals surface area (Å²) in [6.07, 6.45) is 2.12. The van der Waals surface area contributed by atoms with Gasteiger partial charge in [0.05, 0.1) is 12.6 Å². The molecule has 0 aliphatic carbocycles. The highest BCUT2D eigenvalue weighted by atomic mass is 19.1. The van der Waals surface area contributed by atoms with E-state index >= 15 is 0 Å². The summed E-state index contributed by atoms with van der Waals surface area (Å²) in [5, 5.41) is 0. The minimum atomic E-state index is -0.306. The van der Waals surface area contributed by atoms with Crippen molar-refractivity contribution >= 4 is 5.97 Å². The summed E-state index contributed by atoms with van der Waals surface area (Å²) in [5.41, 5.74) is 4.00. The number of ether oxygens (including phenoxy) is 1. The minimum absolute atomic E-state index is 0.189. The van der Waals surface area contributed by atoms with Gasteiger partial charge in [0.1, 0.15) is 12.4 Å². The SMILES string of the molecule is Cc1cc(C)cc(COC(=O)CCc2ncc(-c3ccc(F)cc3)o2)c1. The smallest absolute Gasteiger partial charge is 0.306 e. The van der Waals surface area contributed by atoms with Gasteiger partial charge in [-0.15, -0.1) is 0 Å². The molecule has 0 saturated carbocycles. The monoisotopic (exact) mass is 353 g/mol. The predicted molar refractivity (Wildman–Crippen MR) is 95.9 cm³/mol. The third-order valence-electron chi connectivity index (χ3n) is 3.91. The van der Waals surface area contributed by atoms with Crippen LogP contribution in [0.2, 0.25) is 0 Å². The van der Waals surface area contributed by atoms with Crippen LogP contribution in [0.3, 0.4) is 0 Å². The van der Waals surface area contributed by atoms with Crippen LogP contribution in [0.25, 0.3) is 11.3 Å². The number of rotatable bonds is 6. The van der Waals surface area contributed by atoms with Gasteiger partial charge in [0.25, 0.3) is 0 Å². The van der Waals surface area contributed by atoms with Crippen molar-refractivity contribution in [1.82, 2.24) is 4.98 Å². The Balaban J connectivity index is 1.51. The molecule has 0 unspecified atom stereocenters. The number of halogens is 1. The molecule has 0 fully saturated rings. The molecule has 26 heavy (non-hydrogen) atoms. The molecule has 0 amide bonds. The molecule has 0 bridgehead atoms. The van der Waals surface area contributed by atoms with Gasteiger partial charge in [-0.3, -0.25) is 4.79 Å². The fraction of sp³-hybridized carbons (Fsp3) is 0.238. The van der Waals surface area contributed by atoms with E-state index in [4.69, 9.17) is 9.15 Å². The third kappa shape index (κ3) is 4.79. The maximum Gasteiger partial charge on any atom is 0.306 e. The topological polar surface area (TPSA) is 52.3 Å². The van der Waals surface area contributed by atoms with Crippen molar-refractivity contribution in [2.24, 2.45) is 0 Å². The van der Waals surface area contributed by atoms with Gasteiger partial charge in [0.15, 0.2) is 11.7 Å². The summed E-state index contributed by atoms with van der Waals surface area (Å²) in [7, 11) is 0. The first-order chi connectivity index (χ1) is 12.5. The van der Waals surface area contributed by atoms with Crippen LogP contribution in [-0.4, -0.2) is 11.0 Å². The van der Waals surface area contributed by atoms with Crippen molar-refractivity contribution in [3.8, 4) is 11.3 Å². The van der Waals surface area contributed by atoms with Gasteiger partial charge < -0.3 is 9.15 Å². The first-order valence-electron chi connectivity index (χ1n) is 8.43. The number of nitrogens with zero attached hydrogens (tertiary/aromatic N) is 1. The molecule has 134 valence electrons. The minimum Gasteiger partial charge on any atom is -0.461 e. The van der Waals surface area contributed by atoms with Crippen molar-refractivity contribution in [3.05, 3.63) is 77.1 Å². The summed E-state index contributed by atoms with van der Waals surface area (Å²) in [6, 6.07) is 12.1. The number of hydrogen-bond donors (Lipinski definition) is 0. The molecule has 0 radical (unpaired) electrons. The predicted octanol–water partition coefficient (Wildman–Crippen LogP) is 4.77. The van der Waals surface area contributed by atoms with Crippen molar-refractivity contribution in [2.45, 2.75) is 33.3 Å². The summed E-state index contributed by atoms with van der Waals surface area (Å²) in [6.45, 7) is 4.28. The Morgan fingerprint density at radius 3 is 2.50 bits per heavy atom. The van der Waals surface area contributed by atoms with E-state index in [1.165, 1.54) is 12.1 Å². The van der Waals surface area contributed by atoms with E-state index in [0.29, 0.717) is 18.1 Å². The molecule has 1 heterocycles. The third-order valence-corrected chi connectivity index (χ3v) is 3.91. The Kier molecular flexibility index (Phi) is 5.46. The van der Waals surface area contributed by atoms with E-state index in [2.05, 4.69) is 11.1 Å². The molecule has 0 aliphatic heterocycles. The Morgan fingerprint density at radius 2 is 1.81 bits per heavy atom. The van der Waals surface area contributed by atoms with Crippen LogP contribution in [0.4, 0.5) is 4.39 Å². The first kappa shape index (κ1) is 17.9. The Labute approximate surface area is 151 Å². The lowest BCUT2D eigenvalue weighted by Crippen LogP contribution is -2.06. The maximum absolute atomic E-state index is 13.0. The molecular weight excluding hydrogens is 333 g/mol. The van der Waals surface area contributed by atoms with Crippen molar-refractivity contribution in [3.63, 3.8) is 0 Å². The van der Waals surface area contributed by atoms with Crippen LogP contribution < -0.4 is 0 Å². The molecule has 1 aromatic heterocycles. The van der Waals surface area contributed by atoms with Crippen molar-refractivity contribution < 1.29 is 18.3 Å². The van der Waals surface area contributed by atoms with Gasteiger partial charge in [-0.25, -0.2) is 9.37 Å². The molecule has 2 aromatic carbocycles. The fourth-order valence-corrected chi connectivity index (χ4v) is 2.77. The van der Waals surface area contributed by atoms with E-state index in [9.17, 15) is 9.18 Å². The molecule has 0 saturated heterocycles. The lowest BCUT2D eigenvalue weighted by molar-refractivity contribution is -0.145. The Hall–Kier alpha value is -2.95. The molecule has 3 aromatic rings. The van der Waals surface area contributed by atoms with E-state index < -0.39 is 0 Å².